The van der Waals surface area contributed by atoms with Crippen LogP contribution in [0.3, 0.4) is 0 Å². The molecule has 4 nitrogen and oxygen atoms in total. The maximum absolute atomic E-state index is 4.00. The molecule has 78 valence electrons. The first-order valence-electron chi connectivity index (χ1n) is 4.80. The summed E-state index contributed by atoms with van der Waals surface area (Å²) < 4.78 is 0. The molecule has 5 heteroatoms. The Bertz CT molecular complexity index is 571. The van der Waals surface area contributed by atoms with Crippen molar-refractivity contribution in [3.05, 3.63) is 41.1 Å². The summed E-state index contributed by atoms with van der Waals surface area (Å²) in [6, 6.07) is 10.2. The molecule has 0 aliphatic rings. The van der Waals surface area contributed by atoms with E-state index in [0.29, 0.717) is 5.82 Å². The van der Waals surface area contributed by atoms with Crippen LogP contribution >= 0.6 is 11.3 Å². The van der Waals surface area contributed by atoms with Crippen LogP contribution in [0.1, 0.15) is 0 Å². The number of rotatable bonds is 2. The van der Waals surface area contributed by atoms with E-state index in [1.165, 1.54) is 5.56 Å². The molecule has 3 aromatic rings. The minimum absolute atomic E-state index is 0.639. The number of benzene rings is 1. The van der Waals surface area contributed by atoms with Gasteiger partial charge in [-0.25, -0.2) is 0 Å². The van der Waals surface area contributed by atoms with Gasteiger partial charge in [0.15, 0.2) is 0 Å². The number of aromatic amines is 1. The lowest BCUT2D eigenvalue weighted by Gasteiger charge is -1.99. The average molecular weight is 228 g/mol. The van der Waals surface area contributed by atoms with Crippen LogP contribution < -0.4 is 0 Å². The smallest absolute Gasteiger partial charge is 0.177 e. The Balaban J connectivity index is 2.14. The van der Waals surface area contributed by atoms with Crippen molar-refractivity contribution >= 4 is 11.3 Å². The average Bonchev–Trinajstić information content (AvgIpc) is 3.01. The van der Waals surface area contributed by atoms with Gasteiger partial charge in [0.2, 0.25) is 5.82 Å². The molecule has 0 bridgehead atoms. The number of hydrogen-bond donors (Lipinski definition) is 1. The van der Waals surface area contributed by atoms with Crippen LogP contribution in [0.4, 0.5) is 0 Å². The lowest BCUT2D eigenvalue weighted by atomic mass is 10.0. The van der Waals surface area contributed by atoms with Gasteiger partial charge in [0.1, 0.15) is 0 Å². The van der Waals surface area contributed by atoms with E-state index in [0.717, 1.165) is 11.1 Å². The Hall–Kier alpha value is -2.01. The Kier molecular flexibility index (Phi) is 2.23. The van der Waals surface area contributed by atoms with Crippen LogP contribution in [-0.4, -0.2) is 20.6 Å². The van der Waals surface area contributed by atoms with Gasteiger partial charge < -0.3 is 0 Å². The third kappa shape index (κ3) is 1.51. The fourth-order valence-electron chi connectivity index (χ4n) is 1.59. The summed E-state index contributed by atoms with van der Waals surface area (Å²) in [5.74, 6) is 0.639. The van der Waals surface area contributed by atoms with Gasteiger partial charge >= 0.3 is 0 Å². The van der Waals surface area contributed by atoms with E-state index in [4.69, 9.17) is 0 Å². The number of nitrogens with one attached hydrogen (secondary N) is 1. The summed E-state index contributed by atoms with van der Waals surface area (Å²) in [5.41, 5.74) is 3.33. The van der Waals surface area contributed by atoms with E-state index in [1.54, 1.807) is 11.3 Å². The molecule has 0 fully saturated rings. The number of aromatic nitrogens is 4. The third-order valence-corrected chi connectivity index (χ3v) is 3.08. The minimum atomic E-state index is 0.639. The molecule has 1 N–H and O–H groups in total. The highest BCUT2D eigenvalue weighted by molar-refractivity contribution is 7.08. The quantitative estimate of drug-likeness (QED) is 0.733. The molecule has 2 aromatic heterocycles. The van der Waals surface area contributed by atoms with Crippen LogP contribution in [0.5, 0.6) is 0 Å². The zero-order valence-corrected chi connectivity index (χ0v) is 9.11. The summed E-state index contributed by atoms with van der Waals surface area (Å²) in [6.07, 6.45) is 0. The summed E-state index contributed by atoms with van der Waals surface area (Å²) in [7, 11) is 0. The lowest BCUT2D eigenvalue weighted by Crippen LogP contribution is -1.82. The second kappa shape index (κ2) is 3.86. The molecular formula is C11H8N4S. The predicted molar refractivity (Wildman–Crippen MR) is 62.9 cm³/mol. The van der Waals surface area contributed by atoms with E-state index in [-0.39, 0.29) is 0 Å². The van der Waals surface area contributed by atoms with Crippen molar-refractivity contribution in [2.24, 2.45) is 0 Å². The van der Waals surface area contributed by atoms with Gasteiger partial charge in [0, 0.05) is 16.5 Å². The maximum atomic E-state index is 4.00. The van der Waals surface area contributed by atoms with Crippen molar-refractivity contribution in [1.29, 1.82) is 0 Å². The van der Waals surface area contributed by atoms with Gasteiger partial charge in [-0.2, -0.15) is 16.6 Å². The fourth-order valence-corrected chi connectivity index (χ4v) is 2.42. The summed E-state index contributed by atoms with van der Waals surface area (Å²) in [4.78, 5) is 0. The molecule has 1 aromatic carbocycles. The van der Waals surface area contributed by atoms with E-state index < -0.39 is 0 Å². The monoisotopic (exact) mass is 228 g/mol. The van der Waals surface area contributed by atoms with E-state index in [1.807, 2.05) is 23.6 Å². The molecular weight excluding hydrogens is 220 g/mol. The normalized spacial score (nSPS) is 10.5. The van der Waals surface area contributed by atoms with Crippen molar-refractivity contribution in [1.82, 2.24) is 20.6 Å². The van der Waals surface area contributed by atoms with Gasteiger partial charge in [-0.3, -0.25) is 0 Å². The minimum Gasteiger partial charge on any atom is -0.177 e. The van der Waals surface area contributed by atoms with Crippen molar-refractivity contribution in [2.45, 2.75) is 0 Å². The van der Waals surface area contributed by atoms with Crippen LogP contribution in [-0.2, 0) is 0 Å². The van der Waals surface area contributed by atoms with E-state index >= 15 is 0 Å². The third-order valence-electron chi connectivity index (χ3n) is 2.33. The topological polar surface area (TPSA) is 54.5 Å². The molecule has 3 rings (SSSR count). The first-order chi connectivity index (χ1) is 7.95. The molecule has 0 radical (unpaired) electrons. The molecule has 0 aliphatic heterocycles. The van der Waals surface area contributed by atoms with Crippen molar-refractivity contribution < 1.29 is 0 Å². The second-order valence-corrected chi connectivity index (χ2v) is 4.04. The number of thiophene rings is 1. The Morgan fingerprint density at radius 1 is 1.00 bits per heavy atom. The predicted octanol–water partition coefficient (Wildman–Crippen LogP) is 2.60. The van der Waals surface area contributed by atoms with Crippen molar-refractivity contribution in [2.75, 3.05) is 0 Å². The maximum Gasteiger partial charge on any atom is 0.206 e. The Labute approximate surface area is 96.0 Å². The molecule has 0 saturated carbocycles. The molecule has 16 heavy (non-hydrogen) atoms. The number of H-pyrrole nitrogens is 1. The van der Waals surface area contributed by atoms with E-state index in [2.05, 4.69) is 38.1 Å². The van der Waals surface area contributed by atoms with Crippen LogP contribution in [0.15, 0.2) is 41.1 Å². The molecule has 0 saturated heterocycles. The highest BCUT2D eigenvalue weighted by atomic mass is 32.1. The highest BCUT2D eigenvalue weighted by Crippen LogP contribution is 2.32. The van der Waals surface area contributed by atoms with Crippen molar-refractivity contribution in [3.8, 4) is 22.5 Å². The molecule has 0 amide bonds. The standard InChI is InChI=1S/C11H8N4S/c1-2-4-8(5-3-1)9-6-16-7-10(9)11-12-14-15-13-11/h1-7H,(H,12,13,14,15). The van der Waals surface area contributed by atoms with Gasteiger partial charge in [0.05, 0.1) is 0 Å². The summed E-state index contributed by atoms with van der Waals surface area (Å²) >= 11 is 1.64. The molecule has 0 spiro atoms. The van der Waals surface area contributed by atoms with Crippen LogP contribution in [0, 0.1) is 0 Å². The lowest BCUT2D eigenvalue weighted by molar-refractivity contribution is 0.881. The van der Waals surface area contributed by atoms with Crippen LogP contribution in [0.25, 0.3) is 22.5 Å². The van der Waals surface area contributed by atoms with Gasteiger partial charge in [-0.1, -0.05) is 30.3 Å². The zero-order chi connectivity index (χ0) is 10.8. The highest BCUT2D eigenvalue weighted by Gasteiger charge is 2.11. The number of hydrogen-bond acceptors (Lipinski definition) is 4. The Morgan fingerprint density at radius 2 is 1.81 bits per heavy atom. The fraction of sp³-hybridized carbons (Fsp3) is 0. The van der Waals surface area contributed by atoms with Gasteiger partial charge in [-0.05, 0) is 16.2 Å². The largest absolute Gasteiger partial charge is 0.206 e. The van der Waals surface area contributed by atoms with Gasteiger partial charge in [0.25, 0.3) is 0 Å². The first-order valence-corrected chi connectivity index (χ1v) is 5.75. The summed E-state index contributed by atoms with van der Waals surface area (Å²) in [5, 5.41) is 18.2. The molecule has 0 atom stereocenters. The second-order valence-electron chi connectivity index (χ2n) is 3.30. The zero-order valence-electron chi connectivity index (χ0n) is 8.29. The molecule has 0 aliphatic carbocycles. The van der Waals surface area contributed by atoms with Crippen molar-refractivity contribution in [3.63, 3.8) is 0 Å². The number of tetrazole rings is 1. The van der Waals surface area contributed by atoms with Gasteiger partial charge in [-0.15, -0.1) is 10.2 Å². The Morgan fingerprint density at radius 3 is 2.56 bits per heavy atom. The van der Waals surface area contributed by atoms with Crippen LogP contribution in [0.2, 0.25) is 0 Å². The van der Waals surface area contributed by atoms with E-state index in [9.17, 15) is 0 Å². The molecule has 0 unspecified atom stereocenters. The number of nitrogens with zero attached hydrogens (tertiary/aromatic N) is 3. The summed E-state index contributed by atoms with van der Waals surface area (Å²) in [6.45, 7) is 0. The SMILES string of the molecule is c1ccc(-c2cscc2-c2nn[nH]n2)cc1. The molecule has 2 heterocycles. The first kappa shape index (κ1) is 9.23.